The van der Waals surface area contributed by atoms with Gasteiger partial charge >= 0.3 is 0 Å². The number of hydrogen-bond donors (Lipinski definition) is 4. The van der Waals surface area contributed by atoms with Gasteiger partial charge in [-0.15, -0.1) is 0 Å². The maximum absolute atomic E-state index is 14.3. The van der Waals surface area contributed by atoms with Gasteiger partial charge in [0.25, 0.3) is 5.91 Å². The molecule has 6 aromatic rings. The van der Waals surface area contributed by atoms with Crippen LogP contribution in [-0.2, 0) is 0 Å². The minimum absolute atomic E-state index is 0.107. The summed E-state index contributed by atoms with van der Waals surface area (Å²) in [4.78, 5) is 28.2. The second kappa shape index (κ2) is 16.8. The van der Waals surface area contributed by atoms with Crippen molar-refractivity contribution in [3.8, 4) is 0 Å². The van der Waals surface area contributed by atoms with Crippen LogP contribution in [0.3, 0.4) is 0 Å². The Hall–Kier alpha value is -4.64. The quantitative estimate of drug-likeness (QED) is 0.109. The molecule has 8 rings (SSSR count). The fourth-order valence-corrected chi connectivity index (χ4v) is 8.11. The first kappa shape index (κ1) is 35.7. The van der Waals surface area contributed by atoms with E-state index in [-0.39, 0.29) is 17.5 Å². The fourth-order valence-electron chi connectivity index (χ4n) is 8.11. The van der Waals surface area contributed by atoms with Crippen LogP contribution in [-0.4, -0.2) is 83.0 Å². The van der Waals surface area contributed by atoms with Crippen LogP contribution in [0.1, 0.15) is 72.0 Å². The minimum Gasteiger partial charge on any atom is -0.361 e. The first-order chi connectivity index (χ1) is 25.5. The van der Waals surface area contributed by atoms with Gasteiger partial charge in [-0.05, 0) is 143 Å². The van der Waals surface area contributed by atoms with Crippen molar-refractivity contribution in [2.75, 3.05) is 52.4 Å². The van der Waals surface area contributed by atoms with Crippen molar-refractivity contribution >= 4 is 38.5 Å². The molecule has 2 aliphatic heterocycles. The molecule has 0 atom stereocenters. The topological polar surface area (TPSA) is 106 Å². The number of rotatable bonds is 10. The van der Waals surface area contributed by atoms with E-state index in [2.05, 4.69) is 30.1 Å². The number of benzene rings is 3. The Morgan fingerprint density at radius 1 is 0.750 bits per heavy atom. The number of piperidine rings is 2. The van der Waals surface area contributed by atoms with Gasteiger partial charge in [0.05, 0.1) is 0 Å². The van der Waals surface area contributed by atoms with E-state index in [0.717, 1.165) is 128 Å². The molecule has 0 bridgehead atoms. The molecule has 0 saturated carbocycles. The van der Waals surface area contributed by atoms with Crippen molar-refractivity contribution < 1.29 is 13.6 Å². The lowest BCUT2D eigenvalue weighted by Crippen LogP contribution is -2.35. The SMILES string of the molecule is NCCCN1CCC(c2c[nH]c3cccc(F)c23)CC1.O=C(NCCCN1CCC(c2c[nH]c3cccc(F)c23)CC1)c1nccc2ccccc12. The molecule has 2 fully saturated rings. The van der Waals surface area contributed by atoms with Crippen molar-refractivity contribution in [3.63, 3.8) is 0 Å². The number of halogens is 2. The molecule has 52 heavy (non-hydrogen) atoms. The number of carbonyl (C=O) groups is 1. The van der Waals surface area contributed by atoms with Crippen LogP contribution in [0.25, 0.3) is 32.6 Å². The lowest BCUT2D eigenvalue weighted by Gasteiger charge is -2.32. The van der Waals surface area contributed by atoms with E-state index < -0.39 is 0 Å². The number of carbonyl (C=O) groups excluding carboxylic acids is 1. The van der Waals surface area contributed by atoms with Crippen LogP contribution in [0.2, 0.25) is 0 Å². The van der Waals surface area contributed by atoms with E-state index in [0.29, 0.717) is 24.1 Å². The highest BCUT2D eigenvalue weighted by Crippen LogP contribution is 2.35. The first-order valence-corrected chi connectivity index (χ1v) is 18.8. The van der Waals surface area contributed by atoms with Crippen LogP contribution in [0.4, 0.5) is 8.78 Å². The molecule has 5 heterocycles. The maximum Gasteiger partial charge on any atom is 0.270 e. The summed E-state index contributed by atoms with van der Waals surface area (Å²) in [7, 11) is 0. The van der Waals surface area contributed by atoms with E-state index >= 15 is 0 Å². The number of hydrogen-bond acceptors (Lipinski definition) is 5. The Kier molecular flexibility index (Phi) is 11.5. The van der Waals surface area contributed by atoms with Gasteiger partial charge in [-0.3, -0.25) is 9.78 Å². The third-order valence-electron chi connectivity index (χ3n) is 10.9. The van der Waals surface area contributed by atoms with E-state index in [1.807, 2.05) is 54.9 Å². The number of pyridine rings is 1. The lowest BCUT2D eigenvalue weighted by atomic mass is 9.89. The van der Waals surface area contributed by atoms with Crippen LogP contribution in [0.15, 0.2) is 85.3 Å². The molecule has 5 N–H and O–H groups in total. The van der Waals surface area contributed by atoms with Crippen molar-refractivity contribution in [1.82, 2.24) is 30.1 Å². The Balaban J connectivity index is 0.000000180. The smallest absolute Gasteiger partial charge is 0.270 e. The molecule has 2 saturated heterocycles. The van der Waals surface area contributed by atoms with E-state index in [9.17, 15) is 13.6 Å². The van der Waals surface area contributed by atoms with E-state index in [1.165, 1.54) is 6.07 Å². The largest absolute Gasteiger partial charge is 0.361 e. The average molecular weight is 706 g/mol. The molecule has 2 aliphatic rings. The van der Waals surface area contributed by atoms with Gasteiger partial charge in [0.2, 0.25) is 0 Å². The van der Waals surface area contributed by atoms with Gasteiger partial charge in [0.1, 0.15) is 17.3 Å². The molecule has 10 heteroatoms. The molecule has 3 aromatic carbocycles. The summed E-state index contributed by atoms with van der Waals surface area (Å²) in [6.07, 6.45) is 11.9. The van der Waals surface area contributed by atoms with Gasteiger partial charge < -0.3 is 30.8 Å². The molecule has 272 valence electrons. The van der Waals surface area contributed by atoms with Gasteiger partial charge in [-0.25, -0.2) is 8.78 Å². The van der Waals surface area contributed by atoms with Crippen molar-refractivity contribution in [1.29, 1.82) is 0 Å². The number of nitrogens with one attached hydrogen (secondary N) is 3. The number of nitrogens with two attached hydrogens (primary N) is 1. The highest BCUT2D eigenvalue weighted by Gasteiger charge is 2.25. The Morgan fingerprint density at radius 3 is 1.88 bits per heavy atom. The number of aromatic amines is 2. The predicted octanol–water partition coefficient (Wildman–Crippen LogP) is 7.69. The van der Waals surface area contributed by atoms with Gasteiger partial charge in [-0.2, -0.15) is 0 Å². The monoisotopic (exact) mass is 705 g/mol. The zero-order valence-corrected chi connectivity index (χ0v) is 29.7. The number of fused-ring (bicyclic) bond motifs is 3. The van der Waals surface area contributed by atoms with Crippen LogP contribution in [0.5, 0.6) is 0 Å². The third kappa shape index (κ3) is 8.04. The Labute approximate surface area is 303 Å². The molecule has 0 aliphatic carbocycles. The maximum atomic E-state index is 14.3. The molecule has 0 radical (unpaired) electrons. The van der Waals surface area contributed by atoms with Crippen molar-refractivity contribution in [2.45, 2.75) is 50.4 Å². The summed E-state index contributed by atoms with van der Waals surface area (Å²) in [6.45, 7) is 7.57. The summed E-state index contributed by atoms with van der Waals surface area (Å²) >= 11 is 0. The highest BCUT2D eigenvalue weighted by atomic mass is 19.1. The Bertz CT molecular complexity index is 2090. The number of nitrogens with zero attached hydrogens (tertiary/aromatic N) is 3. The predicted molar refractivity (Wildman–Crippen MR) is 206 cm³/mol. The molecule has 1 amide bonds. The normalized spacial score (nSPS) is 16.4. The molecular weight excluding hydrogens is 657 g/mol. The molecular formula is C42H49F2N7O. The van der Waals surface area contributed by atoms with Crippen LogP contribution < -0.4 is 11.1 Å². The third-order valence-corrected chi connectivity index (χ3v) is 10.9. The average Bonchev–Trinajstić information content (AvgIpc) is 3.83. The summed E-state index contributed by atoms with van der Waals surface area (Å²) in [5.74, 6) is 0.479. The van der Waals surface area contributed by atoms with Crippen LogP contribution in [0, 0.1) is 11.6 Å². The summed E-state index contributed by atoms with van der Waals surface area (Å²) < 4.78 is 28.4. The zero-order chi connectivity index (χ0) is 35.9. The molecule has 3 aromatic heterocycles. The summed E-state index contributed by atoms with van der Waals surface area (Å²) in [5.41, 5.74) is 10.1. The summed E-state index contributed by atoms with van der Waals surface area (Å²) in [5, 5.41) is 6.44. The standard InChI is InChI=1S/C26H27FN4O.C16H22FN3/c27-22-7-3-8-23-24(22)21(17-30-23)19-10-15-31(16-11-19)14-4-12-29-26(32)25-20-6-2-1-5-18(20)9-13-28-25;17-14-3-1-4-15-16(14)13(11-19-15)12-5-9-20(10-6-12)8-2-7-18/h1-3,5-9,13,17,19,30H,4,10-12,14-16H2,(H,29,32);1,3-4,11-12,19H,2,5-10,18H2. The Morgan fingerprint density at radius 2 is 1.31 bits per heavy atom. The first-order valence-electron chi connectivity index (χ1n) is 18.8. The van der Waals surface area contributed by atoms with Gasteiger partial charge in [0.15, 0.2) is 0 Å². The van der Waals surface area contributed by atoms with Crippen LogP contribution >= 0.6 is 0 Å². The fraction of sp³-hybridized carbons (Fsp3) is 0.381. The second-order valence-electron chi connectivity index (χ2n) is 14.2. The molecule has 0 unspecified atom stereocenters. The van der Waals surface area contributed by atoms with Crippen molar-refractivity contribution in [3.05, 3.63) is 114 Å². The lowest BCUT2D eigenvalue weighted by molar-refractivity contribution is 0.0947. The number of aromatic nitrogens is 3. The molecule has 8 nitrogen and oxygen atoms in total. The van der Waals surface area contributed by atoms with Crippen molar-refractivity contribution in [2.24, 2.45) is 5.73 Å². The second-order valence-corrected chi connectivity index (χ2v) is 14.2. The number of amides is 1. The minimum atomic E-state index is -0.141. The highest BCUT2D eigenvalue weighted by molar-refractivity contribution is 6.05. The number of H-pyrrole nitrogens is 2. The van der Waals surface area contributed by atoms with E-state index in [4.69, 9.17) is 5.73 Å². The zero-order valence-electron chi connectivity index (χ0n) is 29.7. The molecule has 0 spiro atoms. The summed E-state index contributed by atoms with van der Waals surface area (Å²) in [6, 6.07) is 20.2. The number of likely N-dealkylation sites (tertiary alicyclic amines) is 2. The van der Waals surface area contributed by atoms with Gasteiger partial charge in [0, 0.05) is 52.3 Å². The van der Waals surface area contributed by atoms with E-state index in [1.54, 1.807) is 24.4 Å². The van der Waals surface area contributed by atoms with Gasteiger partial charge in [-0.1, -0.05) is 36.4 Å².